The van der Waals surface area contributed by atoms with Crippen LogP contribution in [0.2, 0.25) is 0 Å². The van der Waals surface area contributed by atoms with Gasteiger partial charge in [-0.1, -0.05) is 6.92 Å². The molecule has 1 unspecified atom stereocenters. The van der Waals surface area contributed by atoms with Gasteiger partial charge >= 0.3 is 0 Å². The van der Waals surface area contributed by atoms with E-state index in [1.807, 2.05) is 12.3 Å². The van der Waals surface area contributed by atoms with E-state index in [9.17, 15) is 0 Å². The maximum Gasteiger partial charge on any atom is 0.0917 e. The summed E-state index contributed by atoms with van der Waals surface area (Å²) >= 11 is 0. The molecule has 0 aliphatic carbocycles. The van der Waals surface area contributed by atoms with E-state index in [2.05, 4.69) is 17.2 Å². The van der Waals surface area contributed by atoms with Crippen LogP contribution < -0.4 is 11.1 Å². The lowest BCUT2D eigenvalue weighted by Crippen LogP contribution is -2.49. The van der Waals surface area contributed by atoms with Crippen LogP contribution in [-0.4, -0.2) is 37.5 Å². The van der Waals surface area contributed by atoms with Crippen LogP contribution in [0.15, 0.2) is 18.5 Å². The van der Waals surface area contributed by atoms with Crippen molar-refractivity contribution in [3.05, 3.63) is 24.0 Å². The van der Waals surface area contributed by atoms with Crippen LogP contribution in [-0.2, 0) is 9.47 Å². The number of anilines is 1. The number of rotatable bonds is 6. The molecular formula is C15H25N3O2. The van der Waals surface area contributed by atoms with E-state index in [0.29, 0.717) is 0 Å². The topological polar surface area (TPSA) is 69.4 Å². The van der Waals surface area contributed by atoms with Crippen molar-refractivity contribution in [1.29, 1.82) is 0 Å². The highest BCUT2D eigenvalue weighted by Gasteiger charge is 2.42. The molecule has 112 valence electrons. The van der Waals surface area contributed by atoms with Crippen LogP contribution in [0.5, 0.6) is 0 Å². The number of nitrogens with two attached hydrogens (primary N) is 1. The predicted molar refractivity (Wildman–Crippen MR) is 79.5 cm³/mol. The average Bonchev–Trinajstić information content (AvgIpc) is 2.50. The van der Waals surface area contributed by atoms with Gasteiger partial charge in [-0.05, 0) is 19.0 Å². The van der Waals surface area contributed by atoms with Crippen molar-refractivity contribution in [2.75, 3.05) is 32.6 Å². The molecule has 1 aromatic rings. The molecule has 1 saturated heterocycles. The van der Waals surface area contributed by atoms with Crippen LogP contribution in [0.4, 0.5) is 5.69 Å². The summed E-state index contributed by atoms with van der Waals surface area (Å²) in [6.45, 7) is 4.52. The molecule has 5 nitrogen and oxygen atoms in total. The lowest BCUT2D eigenvalue weighted by Gasteiger charge is -2.43. The normalized spacial score (nSPS) is 19.7. The van der Waals surface area contributed by atoms with Crippen LogP contribution >= 0.6 is 0 Å². The Balaban J connectivity index is 2.33. The number of hydrogen-bond acceptors (Lipinski definition) is 5. The standard InChI is InChI=1S/C15H25N3O2/c1-3-7-18-14(12-11-17-8-4-13(12)16)15(19-2)5-9-20-10-6-15/h4,8,11,14,18H,3,5-7,9-10H2,1-2H3,(H2,16,17). The smallest absolute Gasteiger partial charge is 0.0917 e. The van der Waals surface area contributed by atoms with E-state index in [-0.39, 0.29) is 11.6 Å². The molecule has 3 N–H and O–H groups in total. The molecule has 0 radical (unpaired) electrons. The van der Waals surface area contributed by atoms with E-state index in [1.54, 1.807) is 13.3 Å². The fourth-order valence-electron chi connectivity index (χ4n) is 2.85. The molecular weight excluding hydrogens is 254 g/mol. The number of nitrogen functional groups attached to an aromatic ring is 1. The Morgan fingerprint density at radius 2 is 2.25 bits per heavy atom. The summed E-state index contributed by atoms with van der Waals surface area (Å²) in [6.07, 6.45) is 6.35. The first-order chi connectivity index (χ1) is 9.73. The Hall–Kier alpha value is -1.17. The zero-order valence-electron chi connectivity index (χ0n) is 12.4. The van der Waals surface area contributed by atoms with Crippen LogP contribution in [0.3, 0.4) is 0 Å². The van der Waals surface area contributed by atoms with Crippen molar-refractivity contribution in [3.8, 4) is 0 Å². The average molecular weight is 279 g/mol. The number of ether oxygens (including phenoxy) is 2. The number of aromatic nitrogens is 1. The van der Waals surface area contributed by atoms with Gasteiger partial charge in [-0.3, -0.25) is 4.98 Å². The molecule has 2 rings (SSSR count). The summed E-state index contributed by atoms with van der Waals surface area (Å²) in [5, 5.41) is 3.59. The van der Waals surface area contributed by atoms with Gasteiger partial charge in [-0.15, -0.1) is 0 Å². The van der Waals surface area contributed by atoms with Crippen molar-refractivity contribution in [2.45, 2.75) is 37.8 Å². The maximum atomic E-state index is 6.15. The van der Waals surface area contributed by atoms with E-state index < -0.39 is 0 Å². The minimum Gasteiger partial charge on any atom is -0.398 e. The molecule has 2 heterocycles. The number of nitrogens with one attached hydrogen (secondary N) is 1. The summed E-state index contributed by atoms with van der Waals surface area (Å²) in [5.74, 6) is 0. The van der Waals surface area contributed by atoms with Crippen LogP contribution in [0, 0.1) is 0 Å². The Morgan fingerprint density at radius 3 is 2.85 bits per heavy atom. The quantitative estimate of drug-likeness (QED) is 0.832. The lowest BCUT2D eigenvalue weighted by molar-refractivity contribution is -0.111. The molecule has 1 aromatic heterocycles. The molecule has 1 fully saturated rings. The van der Waals surface area contributed by atoms with E-state index in [0.717, 1.165) is 50.3 Å². The highest BCUT2D eigenvalue weighted by Crippen LogP contribution is 2.38. The zero-order chi connectivity index (χ0) is 14.4. The molecule has 0 bridgehead atoms. The van der Waals surface area contributed by atoms with E-state index in [1.165, 1.54) is 0 Å². The number of methoxy groups -OCH3 is 1. The lowest BCUT2D eigenvalue weighted by atomic mass is 9.82. The van der Waals surface area contributed by atoms with E-state index in [4.69, 9.17) is 15.2 Å². The summed E-state index contributed by atoms with van der Waals surface area (Å²) in [6, 6.07) is 1.89. The second-order valence-corrected chi connectivity index (χ2v) is 5.27. The van der Waals surface area contributed by atoms with Gasteiger partial charge in [0.15, 0.2) is 0 Å². The predicted octanol–water partition coefficient (Wildman–Crippen LogP) is 1.90. The van der Waals surface area contributed by atoms with Gasteiger partial charge in [-0.2, -0.15) is 0 Å². The fraction of sp³-hybridized carbons (Fsp3) is 0.667. The van der Waals surface area contributed by atoms with Gasteiger partial charge in [0, 0.05) is 56.8 Å². The van der Waals surface area contributed by atoms with Gasteiger partial charge in [0.2, 0.25) is 0 Å². The van der Waals surface area contributed by atoms with Gasteiger partial charge in [0.1, 0.15) is 0 Å². The van der Waals surface area contributed by atoms with E-state index >= 15 is 0 Å². The Kier molecular flexibility index (Phi) is 5.34. The summed E-state index contributed by atoms with van der Waals surface area (Å²) < 4.78 is 11.4. The minimum absolute atomic E-state index is 0.0463. The largest absolute Gasteiger partial charge is 0.398 e. The van der Waals surface area contributed by atoms with Crippen molar-refractivity contribution < 1.29 is 9.47 Å². The maximum absolute atomic E-state index is 6.15. The first-order valence-corrected chi connectivity index (χ1v) is 7.29. The molecule has 5 heteroatoms. The highest BCUT2D eigenvalue weighted by molar-refractivity contribution is 5.47. The summed E-state index contributed by atoms with van der Waals surface area (Å²) in [4.78, 5) is 4.23. The fourth-order valence-corrected chi connectivity index (χ4v) is 2.85. The van der Waals surface area contributed by atoms with Crippen molar-refractivity contribution >= 4 is 5.69 Å². The highest BCUT2D eigenvalue weighted by atomic mass is 16.5. The number of hydrogen-bond donors (Lipinski definition) is 2. The van der Waals surface area contributed by atoms with Gasteiger partial charge in [0.25, 0.3) is 0 Å². The molecule has 0 amide bonds. The second-order valence-electron chi connectivity index (χ2n) is 5.27. The molecule has 1 aliphatic rings. The third-order valence-electron chi connectivity index (χ3n) is 4.07. The van der Waals surface area contributed by atoms with Crippen molar-refractivity contribution in [2.24, 2.45) is 0 Å². The molecule has 0 spiro atoms. The third-order valence-corrected chi connectivity index (χ3v) is 4.07. The van der Waals surface area contributed by atoms with Gasteiger partial charge in [0.05, 0.1) is 11.6 Å². The summed E-state index contributed by atoms with van der Waals surface area (Å²) in [5.41, 5.74) is 7.65. The van der Waals surface area contributed by atoms with Crippen LogP contribution in [0.25, 0.3) is 0 Å². The molecule has 0 aromatic carbocycles. The Morgan fingerprint density at radius 1 is 1.50 bits per heavy atom. The molecule has 1 aliphatic heterocycles. The Labute approximate surface area is 120 Å². The van der Waals surface area contributed by atoms with Crippen molar-refractivity contribution in [1.82, 2.24) is 10.3 Å². The summed E-state index contributed by atoms with van der Waals surface area (Å²) in [7, 11) is 1.78. The Bertz CT molecular complexity index is 419. The zero-order valence-corrected chi connectivity index (χ0v) is 12.4. The van der Waals surface area contributed by atoms with Gasteiger partial charge < -0.3 is 20.5 Å². The van der Waals surface area contributed by atoms with Crippen LogP contribution in [0.1, 0.15) is 37.8 Å². The third kappa shape index (κ3) is 3.11. The van der Waals surface area contributed by atoms with Gasteiger partial charge in [-0.25, -0.2) is 0 Å². The van der Waals surface area contributed by atoms with Crippen molar-refractivity contribution in [3.63, 3.8) is 0 Å². The first kappa shape index (κ1) is 15.2. The molecule has 1 atom stereocenters. The first-order valence-electron chi connectivity index (χ1n) is 7.29. The number of nitrogens with zero attached hydrogens (tertiary/aromatic N) is 1. The SMILES string of the molecule is CCCNC(c1cnccc1N)C1(OC)CCOCC1. The monoisotopic (exact) mass is 279 g/mol. The second kappa shape index (κ2) is 7.02. The molecule has 0 saturated carbocycles. The number of pyridine rings is 1. The molecule has 20 heavy (non-hydrogen) atoms. The minimum atomic E-state index is -0.273.